The third kappa shape index (κ3) is 8.39. The minimum atomic E-state index is -0.253. The first kappa shape index (κ1) is 26.2. The quantitative estimate of drug-likeness (QED) is 0.443. The van der Waals surface area contributed by atoms with E-state index in [4.69, 9.17) is 4.74 Å². The van der Waals surface area contributed by atoms with Crippen molar-refractivity contribution in [2.24, 2.45) is 5.92 Å². The second-order valence-electron chi connectivity index (χ2n) is 6.81. The van der Waals surface area contributed by atoms with Crippen LogP contribution in [0.4, 0.5) is 19.8 Å². The highest BCUT2D eigenvalue weighted by Gasteiger charge is 2.13. The van der Waals surface area contributed by atoms with Crippen molar-refractivity contribution in [3.63, 3.8) is 0 Å². The SMILES string of the molecule is Cc1cc(C(C)NC(=O)c2ccc(OF)cc2)cc(NCOCC(C)C)n1.F.F.[HH].[HH]. The smallest absolute Gasteiger partial charge is 0.251 e. The average molecular weight is 419 g/mol. The molecule has 0 aliphatic rings. The largest absolute Gasteiger partial charge is 0.361 e. The summed E-state index contributed by atoms with van der Waals surface area (Å²) in [6.07, 6.45) is 0. The number of rotatable bonds is 9. The first-order valence-corrected chi connectivity index (χ1v) is 8.88. The zero-order valence-electron chi connectivity index (χ0n) is 16.9. The average Bonchev–Trinajstić information content (AvgIpc) is 2.64. The van der Waals surface area contributed by atoms with Crippen molar-refractivity contribution in [2.45, 2.75) is 33.7 Å². The summed E-state index contributed by atoms with van der Waals surface area (Å²) in [5, 5.41) is 6.06. The highest BCUT2D eigenvalue weighted by Crippen LogP contribution is 2.19. The summed E-state index contributed by atoms with van der Waals surface area (Å²) in [4.78, 5) is 20.4. The lowest BCUT2D eigenvalue weighted by Crippen LogP contribution is -2.26. The molecule has 1 aromatic carbocycles. The fourth-order valence-electron chi connectivity index (χ4n) is 2.48. The molecule has 1 heterocycles. The molecule has 9 heteroatoms. The standard InChI is InChI=1S/C20H26FN3O3.2FH.2H2/c1-13(2)11-26-12-22-19-10-17(9-14(3)23-19)15(4)24-20(25)16-5-7-18(27-21)8-6-16;;;;/h5-10,13,15H,11-12H2,1-4H3,(H,22,23)(H,24,25);4*1H. The molecule has 0 spiro atoms. The molecule has 0 bridgehead atoms. The molecule has 0 radical (unpaired) electrons. The fraction of sp³-hybridized carbons (Fsp3) is 0.400. The van der Waals surface area contributed by atoms with Crippen LogP contribution in [0, 0.1) is 12.8 Å². The van der Waals surface area contributed by atoms with Crippen LogP contribution in [0.15, 0.2) is 36.4 Å². The van der Waals surface area contributed by atoms with Crippen molar-refractivity contribution in [1.82, 2.24) is 10.3 Å². The maximum atomic E-state index is 12.4. The van der Waals surface area contributed by atoms with Crippen molar-refractivity contribution in [3.8, 4) is 5.75 Å². The van der Waals surface area contributed by atoms with E-state index in [2.05, 4.69) is 34.4 Å². The summed E-state index contributed by atoms with van der Waals surface area (Å²) in [5.74, 6) is 0.963. The van der Waals surface area contributed by atoms with Gasteiger partial charge in [0, 0.05) is 18.6 Å². The van der Waals surface area contributed by atoms with E-state index < -0.39 is 0 Å². The van der Waals surface area contributed by atoms with Gasteiger partial charge in [-0.2, -0.15) is 0 Å². The Labute approximate surface area is 171 Å². The Morgan fingerprint density at radius 1 is 1.17 bits per heavy atom. The van der Waals surface area contributed by atoms with Crippen molar-refractivity contribution >= 4 is 11.7 Å². The van der Waals surface area contributed by atoms with Gasteiger partial charge >= 0.3 is 0 Å². The van der Waals surface area contributed by atoms with Crippen LogP contribution in [-0.4, -0.2) is 24.2 Å². The number of halogens is 3. The normalized spacial score (nSPS) is 11.1. The topological polar surface area (TPSA) is 72.5 Å². The van der Waals surface area contributed by atoms with Gasteiger partial charge in [-0.05, 0) is 61.7 Å². The number of anilines is 1. The number of aromatic nitrogens is 1. The molecule has 6 nitrogen and oxygen atoms in total. The van der Waals surface area contributed by atoms with Gasteiger partial charge in [0.15, 0.2) is 5.75 Å². The van der Waals surface area contributed by atoms with Crippen LogP contribution in [0.3, 0.4) is 0 Å². The Balaban J connectivity index is -0.00000196. The lowest BCUT2D eigenvalue weighted by Gasteiger charge is -2.17. The molecule has 2 aromatic rings. The van der Waals surface area contributed by atoms with Crippen molar-refractivity contribution in [2.75, 3.05) is 18.7 Å². The molecule has 2 rings (SSSR count). The molecular formula is C20H32F3N3O3. The zero-order valence-corrected chi connectivity index (χ0v) is 16.9. The fourth-order valence-corrected chi connectivity index (χ4v) is 2.48. The van der Waals surface area contributed by atoms with Gasteiger partial charge < -0.3 is 15.4 Å². The third-order valence-electron chi connectivity index (χ3n) is 3.84. The Morgan fingerprint density at radius 3 is 2.41 bits per heavy atom. The van der Waals surface area contributed by atoms with Crippen LogP contribution in [0.2, 0.25) is 0 Å². The van der Waals surface area contributed by atoms with Gasteiger partial charge in [0.05, 0.1) is 12.6 Å². The van der Waals surface area contributed by atoms with E-state index in [-0.39, 0.29) is 30.0 Å². The lowest BCUT2D eigenvalue weighted by atomic mass is 10.1. The summed E-state index contributed by atoms with van der Waals surface area (Å²) in [5.41, 5.74) is 2.18. The van der Waals surface area contributed by atoms with E-state index in [1.54, 1.807) is 0 Å². The van der Waals surface area contributed by atoms with Crippen molar-refractivity contribution < 1.29 is 31.3 Å². The molecule has 1 aromatic heterocycles. The van der Waals surface area contributed by atoms with Crippen molar-refractivity contribution in [1.29, 1.82) is 0 Å². The molecule has 1 unspecified atom stereocenters. The number of benzene rings is 1. The lowest BCUT2D eigenvalue weighted by molar-refractivity contribution is -0.00621. The van der Waals surface area contributed by atoms with Crippen LogP contribution in [-0.2, 0) is 4.74 Å². The van der Waals surface area contributed by atoms with E-state index in [0.717, 1.165) is 11.3 Å². The molecule has 0 saturated carbocycles. The number of carbonyl (C=O) groups excluding carboxylic acids is 1. The van der Waals surface area contributed by atoms with Gasteiger partial charge in [0.1, 0.15) is 12.5 Å². The maximum Gasteiger partial charge on any atom is 0.251 e. The highest BCUT2D eigenvalue weighted by molar-refractivity contribution is 5.94. The molecule has 0 fully saturated rings. The van der Waals surface area contributed by atoms with Crippen molar-refractivity contribution in [3.05, 3.63) is 53.2 Å². The number of aryl methyl sites for hydroxylation is 1. The second-order valence-corrected chi connectivity index (χ2v) is 6.81. The molecule has 166 valence electrons. The third-order valence-corrected chi connectivity index (χ3v) is 3.84. The predicted molar refractivity (Wildman–Crippen MR) is 112 cm³/mol. The van der Waals surface area contributed by atoms with E-state index >= 15 is 0 Å². The molecule has 29 heavy (non-hydrogen) atoms. The summed E-state index contributed by atoms with van der Waals surface area (Å²) >= 11 is 0. The van der Waals surface area contributed by atoms with E-state index in [9.17, 15) is 9.32 Å². The van der Waals surface area contributed by atoms with Crippen LogP contribution in [0.5, 0.6) is 5.75 Å². The summed E-state index contributed by atoms with van der Waals surface area (Å²) < 4.78 is 17.6. The molecule has 1 amide bonds. The number of hydrogen-bond acceptors (Lipinski definition) is 5. The Morgan fingerprint density at radius 2 is 1.83 bits per heavy atom. The monoisotopic (exact) mass is 419 g/mol. The van der Waals surface area contributed by atoms with E-state index in [0.29, 0.717) is 30.6 Å². The first-order valence-electron chi connectivity index (χ1n) is 8.88. The Bertz CT molecular complexity index is 769. The van der Waals surface area contributed by atoms with E-state index in [1.165, 1.54) is 24.3 Å². The Kier molecular flexibility index (Phi) is 11.4. The molecule has 1 atom stereocenters. The number of pyridine rings is 1. The summed E-state index contributed by atoms with van der Waals surface area (Å²) in [6, 6.07) is 9.39. The molecule has 0 saturated heterocycles. The molecule has 2 N–H and O–H groups in total. The summed E-state index contributed by atoms with van der Waals surface area (Å²) in [7, 11) is 0. The van der Waals surface area contributed by atoms with E-state index in [1.807, 2.05) is 26.0 Å². The van der Waals surface area contributed by atoms with Gasteiger partial charge in [-0.25, -0.2) is 4.98 Å². The number of nitrogens with zero attached hydrogens (tertiary/aromatic N) is 1. The molecule has 0 aliphatic carbocycles. The highest BCUT2D eigenvalue weighted by atomic mass is 19.3. The van der Waals surface area contributed by atoms with Gasteiger partial charge in [-0.1, -0.05) is 13.8 Å². The van der Waals surface area contributed by atoms with Crippen LogP contribution in [0.25, 0.3) is 0 Å². The predicted octanol–water partition coefficient (Wildman–Crippen LogP) is 4.98. The Hall–Kier alpha value is -2.81. The minimum Gasteiger partial charge on any atom is -0.361 e. The number of carbonyl (C=O) groups is 1. The number of amides is 1. The van der Waals surface area contributed by atoms with Gasteiger partial charge in [0.25, 0.3) is 5.91 Å². The second kappa shape index (κ2) is 12.6. The van der Waals surface area contributed by atoms with Crippen LogP contribution >= 0.6 is 0 Å². The minimum absolute atomic E-state index is 0. The van der Waals surface area contributed by atoms with Gasteiger partial charge in [0.2, 0.25) is 0 Å². The number of ether oxygens (including phenoxy) is 1. The van der Waals surface area contributed by atoms with Crippen LogP contribution < -0.4 is 15.6 Å². The number of hydrogen-bond donors (Lipinski definition) is 2. The number of nitrogens with one attached hydrogen (secondary N) is 2. The van der Waals surface area contributed by atoms with Gasteiger partial charge in [-0.3, -0.25) is 19.1 Å². The molecular weight excluding hydrogens is 387 g/mol. The zero-order chi connectivity index (χ0) is 19.8. The van der Waals surface area contributed by atoms with Crippen LogP contribution in [0.1, 0.15) is 51.3 Å². The summed E-state index contributed by atoms with van der Waals surface area (Å²) in [6.45, 7) is 9.01. The maximum absolute atomic E-state index is 12.4. The van der Waals surface area contributed by atoms with Gasteiger partial charge in [-0.15, -0.1) is 0 Å². The first-order chi connectivity index (χ1) is 12.9. The molecule has 0 aliphatic heterocycles.